The van der Waals surface area contributed by atoms with Crippen LogP contribution in [0.15, 0.2) is 78.4 Å². The summed E-state index contributed by atoms with van der Waals surface area (Å²) in [6.07, 6.45) is 1.40. The topological polar surface area (TPSA) is 85.3 Å². The number of benzene rings is 3. The summed E-state index contributed by atoms with van der Waals surface area (Å²) in [5, 5.41) is 11.3. The fourth-order valence-electron chi connectivity index (χ4n) is 4.55. The van der Waals surface area contributed by atoms with E-state index in [0.717, 1.165) is 12.0 Å². The van der Waals surface area contributed by atoms with Crippen molar-refractivity contribution in [3.05, 3.63) is 95.1 Å². The minimum absolute atomic E-state index is 0.0397. The summed E-state index contributed by atoms with van der Waals surface area (Å²) in [5.74, 6) is 0.129. The van der Waals surface area contributed by atoms with Crippen LogP contribution >= 0.6 is 0 Å². The highest BCUT2D eigenvalue weighted by molar-refractivity contribution is 6.46. The lowest BCUT2D eigenvalue weighted by Gasteiger charge is -2.26. The van der Waals surface area contributed by atoms with E-state index in [-0.39, 0.29) is 11.3 Å². The van der Waals surface area contributed by atoms with Gasteiger partial charge in [0, 0.05) is 12.1 Å². The van der Waals surface area contributed by atoms with Gasteiger partial charge in [-0.05, 0) is 67.3 Å². The molecule has 0 spiro atoms. The van der Waals surface area contributed by atoms with E-state index in [1.54, 1.807) is 43.5 Å². The molecule has 0 bridgehead atoms. The predicted octanol–water partition coefficient (Wildman–Crippen LogP) is 5.55. The van der Waals surface area contributed by atoms with Crippen LogP contribution in [-0.4, -0.2) is 48.6 Å². The molecule has 1 amide bonds. The van der Waals surface area contributed by atoms with E-state index in [1.165, 1.54) is 4.90 Å². The average Bonchev–Trinajstić information content (AvgIpc) is 3.20. The van der Waals surface area contributed by atoms with Gasteiger partial charge in [-0.1, -0.05) is 43.3 Å². The Morgan fingerprint density at radius 3 is 2.32 bits per heavy atom. The fourth-order valence-corrected chi connectivity index (χ4v) is 4.55. The lowest BCUT2D eigenvalue weighted by molar-refractivity contribution is -0.139. The SMILES string of the molecule is CCCOc1ccc(C2/C(=C(\O)c3ccc(OC)cc3)C(=O)C(=O)N2CCc2ccccc2)cc1OCC. The third-order valence-corrected chi connectivity index (χ3v) is 6.43. The number of hydrogen-bond acceptors (Lipinski definition) is 6. The number of amides is 1. The van der Waals surface area contributed by atoms with Crippen molar-refractivity contribution in [1.29, 1.82) is 0 Å². The van der Waals surface area contributed by atoms with Crippen LogP contribution in [0.1, 0.15) is 43.0 Å². The summed E-state index contributed by atoms with van der Waals surface area (Å²) in [7, 11) is 1.55. The molecule has 1 aliphatic rings. The van der Waals surface area contributed by atoms with Crippen molar-refractivity contribution in [2.45, 2.75) is 32.7 Å². The van der Waals surface area contributed by atoms with Gasteiger partial charge in [0.15, 0.2) is 11.5 Å². The van der Waals surface area contributed by atoms with Crippen molar-refractivity contribution >= 4 is 17.4 Å². The quantitative estimate of drug-likeness (QED) is 0.205. The van der Waals surface area contributed by atoms with Gasteiger partial charge in [-0.2, -0.15) is 0 Å². The minimum atomic E-state index is -0.791. The molecule has 38 heavy (non-hydrogen) atoms. The first-order valence-corrected chi connectivity index (χ1v) is 12.8. The molecule has 1 saturated heterocycles. The molecular weight excluding hydrogens is 482 g/mol. The number of aliphatic hydroxyl groups excluding tert-OH is 1. The Kier molecular flexibility index (Phi) is 8.69. The second kappa shape index (κ2) is 12.3. The first kappa shape index (κ1) is 26.8. The van der Waals surface area contributed by atoms with Crippen molar-refractivity contribution in [3.63, 3.8) is 0 Å². The normalized spacial score (nSPS) is 16.5. The summed E-state index contributed by atoms with van der Waals surface area (Å²) in [5.41, 5.74) is 2.16. The second-order valence-electron chi connectivity index (χ2n) is 8.94. The van der Waals surface area contributed by atoms with Crippen LogP contribution < -0.4 is 14.2 Å². The molecule has 7 heteroatoms. The standard InChI is InChI=1S/C31H33NO6/c1-4-19-38-25-16-13-23(20-26(25)37-5-2)28-27(29(33)22-11-14-24(36-3)15-12-22)30(34)31(35)32(28)18-17-21-9-7-6-8-10-21/h6-16,20,28,33H,4-5,17-19H2,1-3H3/b29-27+. The molecule has 1 atom stereocenters. The third kappa shape index (κ3) is 5.67. The van der Waals surface area contributed by atoms with Gasteiger partial charge in [-0.3, -0.25) is 9.59 Å². The lowest BCUT2D eigenvalue weighted by atomic mass is 9.94. The fraction of sp³-hybridized carbons (Fsp3) is 0.290. The van der Waals surface area contributed by atoms with Crippen LogP contribution in [0.3, 0.4) is 0 Å². The molecule has 0 saturated carbocycles. The van der Waals surface area contributed by atoms with Gasteiger partial charge >= 0.3 is 0 Å². The van der Waals surface area contributed by atoms with Gasteiger partial charge in [-0.25, -0.2) is 0 Å². The van der Waals surface area contributed by atoms with Gasteiger partial charge in [0.1, 0.15) is 11.5 Å². The zero-order chi connectivity index (χ0) is 27.1. The maximum absolute atomic E-state index is 13.4. The zero-order valence-electron chi connectivity index (χ0n) is 22.0. The summed E-state index contributed by atoms with van der Waals surface area (Å²) < 4.78 is 16.9. The van der Waals surface area contributed by atoms with Crippen molar-refractivity contribution in [2.75, 3.05) is 26.9 Å². The van der Waals surface area contributed by atoms with E-state index in [4.69, 9.17) is 14.2 Å². The molecule has 3 aromatic carbocycles. The smallest absolute Gasteiger partial charge is 0.295 e. The number of nitrogens with zero attached hydrogens (tertiary/aromatic N) is 1. The van der Waals surface area contributed by atoms with Crippen LogP contribution in [-0.2, 0) is 16.0 Å². The number of carbonyl (C=O) groups is 2. The Hall–Kier alpha value is -4.26. The molecule has 1 aliphatic heterocycles. The van der Waals surface area contributed by atoms with Gasteiger partial charge in [0.05, 0.1) is 31.9 Å². The molecule has 0 aliphatic carbocycles. The lowest BCUT2D eigenvalue weighted by Crippen LogP contribution is -2.31. The number of likely N-dealkylation sites (tertiary alicyclic amines) is 1. The van der Waals surface area contributed by atoms with E-state index in [0.29, 0.717) is 54.6 Å². The first-order valence-electron chi connectivity index (χ1n) is 12.8. The largest absolute Gasteiger partial charge is 0.507 e. The molecule has 1 N–H and O–H groups in total. The van der Waals surface area contributed by atoms with Gasteiger partial charge in [0.2, 0.25) is 0 Å². The molecule has 1 fully saturated rings. The number of Topliss-reactive ketones (excluding diaryl/α,β-unsaturated/α-hetero) is 1. The maximum atomic E-state index is 13.4. The van der Waals surface area contributed by atoms with Crippen molar-refractivity contribution < 1.29 is 28.9 Å². The number of carbonyl (C=O) groups excluding carboxylic acids is 2. The second-order valence-corrected chi connectivity index (χ2v) is 8.94. The molecule has 0 radical (unpaired) electrons. The highest BCUT2D eigenvalue weighted by atomic mass is 16.5. The Morgan fingerprint density at radius 1 is 0.921 bits per heavy atom. The Labute approximate surface area is 223 Å². The number of methoxy groups -OCH3 is 1. The van der Waals surface area contributed by atoms with E-state index in [2.05, 4.69) is 0 Å². The van der Waals surface area contributed by atoms with Crippen LogP contribution in [0.2, 0.25) is 0 Å². The number of aliphatic hydroxyl groups is 1. The highest BCUT2D eigenvalue weighted by Gasteiger charge is 2.46. The number of rotatable bonds is 11. The Morgan fingerprint density at radius 2 is 1.66 bits per heavy atom. The van der Waals surface area contributed by atoms with Crippen LogP contribution in [0.4, 0.5) is 0 Å². The number of ketones is 1. The third-order valence-electron chi connectivity index (χ3n) is 6.43. The first-order chi connectivity index (χ1) is 18.5. The van der Waals surface area contributed by atoms with Crippen LogP contribution in [0.25, 0.3) is 5.76 Å². The zero-order valence-corrected chi connectivity index (χ0v) is 22.0. The molecule has 198 valence electrons. The van der Waals surface area contributed by atoms with Gasteiger partial charge in [-0.15, -0.1) is 0 Å². The van der Waals surface area contributed by atoms with E-state index in [9.17, 15) is 14.7 Å². The van der Waals surface area contributed by atoms with Gasteiger partial charge < -0.3 is 24.2 Å². The number of ether oxygens (including phenoxy) is 3. The Bertz CT molecular complexity index is 1300. The molecule has 0 aromatic heterocycles. The van der Waals surface area contributed by atoms with Crippen molar-refractivity contribution in [3.8, 4) is 17.2 Å². The maximum Gasteiger partial charge on any atom is 0.295 e. The highest BCUT2D eigenvalue weighted by Crippen LogP contribution is 2.42. The van der Waals surface area contributed by atoms with Crippen molar-refractivity contribution in [2.24, 2.45) is 0 Å². The monoisotopic (exact) mass is 515 g/mol. The molecule has 1 unspecified atom stereocenters. The summed E-state index contributed by atoms with van der Waals surface area (Å²) in [4.78, 5) is 28.2. The van der Waals surface area contributed by atoms with E-state index >= 15 is 0 Å². The molecule has 4 rings (SSSR count). The van der Waals surface area contributed by atoms with E-state index < -0.39 is 17.7 Å². The molecule has 3 aromatic rings. The summed E-state index contributed by atoms with van der Waals surface area (Å²) >= 11 is 0. The summed E-state index contributed by atoms with van der Waals surface area (Å²) in [6, 6.07) is 21.1. The van der Waals surface area contributed by atoms with Crippen LogP contribution in [0, 0.1) is 0 Å². The number of hydrogen-bond donors (Lipinski definition) is 1. The Balaban J connectivity index is 1.80. The molecule has 1 heterocycles. The van der Waals surface area contributed by atoms with Crippen LogP contribution in [0.5, 0.6) is 17.2 Å². The summed E-state index contributed by atoms with van der Waals surface area (Å²) in [6.45, 7) is 5.16. The average molecular weight is 516 g/mol. The van der Waals surface area contributed by atoms with Crippen molar-refractivity contribution in [1.82, 2.24) is 4.90 Å². The van der Waals surface area contributed by atoms with E-state index in [1.807, 2.05) is 50.2 Å². The van der Waals surface area contributed by atoms with Gasteiger partial charge in [0.25, 0.3) is 11.7 Å². The molecular formula is C31H33NO6. The minimum Gasteiger partial charge on any atom is -0.507 e. The predicted molar refractivity (Wildman–Crippen MR) is 146 cm³/mol. The molecule has 7 nitrogen and oxygen atoms in total.